The summed E-state index contributed by atoms with van der Waals surface area (Å²) in [6.07, 6.45) is 3.61. The summed E-state index contributed by atoms with van der Waals surface area (Å²) in [5, 5.41) is 15.7. The number of aromatic nitrogens is 6. The van der Waals surface area contributed by atoms with E-state index < -0.39 is 0 Å². The lowest BCUT2D eigenvalue weighted by atomic mass is 10.2. The van der Waals surface area contributed by atoms with E-state index in [-0.39, 0.29) is 6.04 Å². The minimum absolute atomic E-state index is 0.106. The number of hydrogen-bond donors (Lipinski definition) is 1. The van der Waals surface area contributed by atoms with Crippen molar-refractivity contribution < 1.29 is 4.52 Å². The van der Waals surface area contributed by atoms with Crippen LogP contribution < -0.4 is 5.32 Å². The molecule has 0 fully saturated rings. The van der Waals surface area contributed by atoms with E-state index in [1.165, 1.54) is 0 Å². The zero-order chi connectivity index (χ0) is 17.9. The zero-order valence-corrected chi connectivity index (χ0v) is 14.4. The molecule has 4 rings (SSSR count). The van der Waals surface area contributed by atoms with E-state index in [9.17, 15) is 0 Å². The Kier molecular flexibility index (Phi) is 4.14. The second-order valence-electron chi connectivity index (χ2n) is 5.84. The Morgan fingerprint density at radius 3 is 2.73 bits per heavy atom. The fraction of sp³-hybridized carbons (Fsp3) is 0.167. The smallest absolute Gasteiger partial charge is 0.261 e. The predicted octanol–water partition coefficient (Wildman–Crippen LogP) is 3.19. The molecule has 0 amide bonds. The molecule has 1 aromatic carbocycles. The molecule has 0 aliphatic carbocycles. The molecule has 0 spiro atoms. The summed E-state index contributed by atoms with van der Waals surface area (Å²) in [4.78, 5) is 8.68. The lowest BCUT2D eigenvalue weighted by Crippen LogP contribution is -2.09. The lowest BCUT2D eigenvalue weighted by molar-refractivity contribution is 0.425. The van der Waals surface area contributed by atoms with Crippen molar-refractivity contribution >= 4 is 5.82 Å². The maximum atomic E-state index is 5.27. The summed E-state index contributed by atoms with van der Waals surface area (Å²) in [6, 6.07) is 13.5. The molecule has 3 aromatic heterocycles. The van der Waals surface area contributed by atoms with Crippen LogP contribution in [0.3, 0.4) is 0 Å². The van der Waals surface area contributed by atoms with Gasteiger partial charge in [0.25, 0.3) is 5.89 Å². The number of anilines is 1. The lowest BCUT2D eigenvalue weighted by Gasteiger charge is -2.13. The van der Waals surface area contributed by atoms with Gasteiger partial charge >= 0.3 is 0 Å². The highest BCUT2D eigenvalue weighted by Gasteiger charge is 2.17. The molecule has 4 aromatic rings. The van der Waals surface area contributed by atoms with Gasteiger partial charge in [0.05, 0.1) is 23.5 Å². The predicted molar refractivity (Wildman–Crippen MR) is 95.7 cm³/mol. The molecule has 0 bridgehead atoms. The van der Waals surface area contributed by atoms with Gasteiger partial charge < -0.3 is 9.84 Å². The van der Waals surface area contributed by atoms with E-state index in [1.54, 1.807) is 17.8 Å². The molecule has 130 valence electrons. The van der Waals surface area contributed by atoms with Crippen LogP contribution in [0.5, 0.6) is 0 Å². The molecule has 0 radical (unpaired) electrons. The molecule has 8 heteroatoms. The van der Waals surface area contributed by atoms with Crippen LogP contribution in [0.1, 0.15) is 24.5 Å². The average molecular weight is 347 g/mol. The normalized spacial score (nSPS) is 12.1. The third kappa shape index (κ3) is 3.16. The van der Waals surface area contributed by atoms with Crippen LogP contribution in [0, 0.1) is 6.92 Å². The first-order valence-electron chi connectivity index (χ1n) is 8.20. The quantitative estimate of drug-likeness (QED) is 0.592. The van der Waals surface area contributed by atoms with Crippen molar-refractivity contribution in [1.29, 1.82) is 0 Å². The Morgan fingerprint density at radius 2 is 1.96 bits per heavy atom. The molecule has 1 N–H and O–H groups in total. The third-order valence-electron chi connectivity index (χ3n) is 3.89. The number of nitrogens with one attached hydrogen (secondary N) is 1. The van der Waals surface area contributed by atoms with Gasteiger partial charge in [-0.3, -0.25) is 0 Å². The number of nitrogens with zero attached hydrogens (tertiary/aromatic N) is 6. The van der Waals surface area contributed by atoms with Gasteiger partial charge in [0.15, 0.2) is 5.82 Å². The largest absolute Gasteiger partial charge is 0.361 e. The maximum absolute atomic E-state index is 5.27. The van der Waals surface area contributed by atoms with Crippen molar-refractivity contribution in [2.24, 2.45) is 0 Å². The standard InChI is InChI=1S/C18H17N7O/c1-12(16-11-25(24-22-16)14-7-4-3-5-8-14)20-17-15(9-6-10-19-17)18-21-13(2)23-26-18/h3-12H,1-2H3,(H,19,20). The molecule has 0 aliphatic rings. The fourth-order valence-electron chi connectivity index (χ4n) is 2.56. The zero-order valence-electron chi connectivity index (χ0n) is 14.4. The van der Waals surface area contributed by atoms with Gasteiger partial charge in [0.2, 0.25) is 0 Å². The van der Waals surface area contributed by atoms with Crippen molar-refractivity contribution in [3.8, 4) is 17.1 Å². The van der Waals surface area contributed by atoms with Crippen molar-refractivity contribution in [3.63, 3.8) is 0 Å². The summed E-state index contributed by atoms with van der Waals surface area (Å²) in [6.45, 7) is 3.78. The number of para-hydroxylation sites is 1. The van der Waals surface area contributed by atoms with E-state index in [0.717, 1.165) is 16.9 Å². The highest BCUT2D eigenvalue weighted by molar-refractivity contribution is 5.68. The van der Waals surface area contributed by atoms with Crippen LogP contribution in [-0.4, -0.2) is 30.1 Å². The number of pyridine rings is 1. The van der Waals surface area contributed by atoms with Crippen LogP contribution in [0.25, 0.3) is 17.1 Å². The van der Waals surface area contributed by atoms with E-state index >= 15 is 0 Å². The van der Waals surface area contributed by atoms with Crippen LogP contribution in [-0.2, 0) is 0 Å². The van der Waals surface area contributed by atoms with Gasteiger partial charge in [-0.1, -0.05) is 28.6 Å². The van der Waals surface area contributed by atoms with Crippen LogP contribution >= 0.6 is 0 Å². The first-order valence-corrected chi connectivity index (χ1v) is 8.20. The summed E-state index contributed by atoms with van der Waals surface area (Å²) in [7, 11) is 0. The van der Waals surface area contributed by atoms with Crippen LogP contribution in [0.15, 0.2) is 59.4 Å². The summed E-state index contributed by atoms with van der Waals surface area (Å²) < 4.78 is 7.01. The third-order valence-corrected chi connectivity index (χ3v) is 3.89. The Balaban J connectivity index is 1.58. The van der Waals surface area contributed by atoms with E-state index in [2.05, 4.69) is 30.8 Å². The molecule has 3 heterocycles. The van der Waals surface area contributed by atoms with Gasteiger partial charge in [0, 0.05) is 6.20 Å². The fourth-order valence-corrected chi connectivity index (χ4v) is 2.56. The van der Waals surface area contributed by atoms with E-state index in [4.69, 9.17) is 4.52 Å². The van der Waals surface area contributed by atoms with Gasteiger partial charge in [0.1, 0.15) is 11.5 Å². The maximum Gasteiger partial charge on any atom is 0.261 e. The van der Waals surface area contributed by atoms with Crippen molar-refractivity contribution in [2.45, 2.75) is 19.9 Å². The second-order valence-corrected chi connectivity index (χ2v) is 5.84. The summed E-state index contributed by atoms with van der Waals surface area (Å²) in [5.74, 6) is 1.66. The van der Waals surface area contributed by atoms with Gasteiger partial charge in [-0.15, -0.1) is 5.10 Å². The topological polar surface area (TPSA) is 94.6 Å². The van der Waals surface area contributed by atoms with Crippen molar-refractivity contribution in [3.05, 3.63) is 66.4 Å². The Labute approximate surface area is 149 Å². The Hall–Kier alpha value is -3.55. The number of benzene rings is 1. The number of aryl methyl sites for hydroxylation is 1. The molecule has 1 unspecified atom stereocenters. The number of rotatable bonds is 5. The highest BCUT2D eigenvalue weighted by Crippen LogP contribution is 2.27. The monoisotopic (exact) mass is 347 g/mol. The SMILES string of the molecule is Cc1noc(-c2cccnc2NC(C)c2cn(-c3ccccc3)nn2)n1. The first kappa shape index (κ1) is 15.9. The van der Waals surface area contributed by atoms with Gasteiger partial charge in [-0.25, -0.2) is 9.67 Å². The Bertz CT molecular complexity index is 1010. The van der Waals surface area contributed by atoms with Crippen LogP contribution in [0.2, 0.25) is 0 Å². The molecule has 0 saturated carbocycles. The second kappa shape index (κ2) is 6.75. The van der Waals surface area contributed by atoms with Gasteiger partial charge in [-0.05, 0) is 38.1 Å². The molecule has 1 atom stereocenters. The molecule has 8 nitrogen and oxygen atoms in total. The molecule has 0 aliphatic heterocycles. The first-order chi connectivity index (χ1) is 12.7. The molecule has 26 heavy (non-hydrogen) atoms. The van der Waals surface area contributed by atoms with Gasteiger partial charge in [-0.2, -0.15) is 4.98 Å². The minimum atomic E-state index is -0.106. The number of hydrogen-bond acceptors (Lipinski definition) is 7. The van der Waals surface area contributed by atoms with Crippen LogP contribution in [0.4, 0.5) is 5.82 Å². The average Bonchev–Trinajstić information content (AvgIpc) is 3.32. The minimum Gasteiger partial charge on any atom is -0.361 e. The van der Waals surface area contributed by atoms with E-state index in [1.807, 2.05) is 55.6 Å². The van der Waals surface area contributed by atoms with E-state index in [0.29, 0.717) is 17.5 Å². The molecule has 0 saturated heterocycles. The highest BCUT2D eigenvalue weighted by atomic mass is 16.5. The molecular weight excluding hydrogens is 330 g/mol. The molecular formula is C18H17N7O. The Morgan fingerprint density at radius 1 is 1.12 bits per heavy atom. The van der Waals surface area contributed by atoms with Crippen molar-refractivity contribution in [1.82, 2.24) is 30.1 Å². The summed E-state index contributed by atoms with van der Waals surface area (Å²) in [5.41, 5.74) is 2.50. The van der Waals surface area contributed by atoms with Crippen molar-refractivity contribution in [2.75, 3.05) is 5.32 Å². The summed E-state index contributed by atoms with van der Waals surface area (Å²) >= 11 is 0.